The monoisotopic (exact) mass is 342 g/mol. The highest BCUT2D eigenvalue weighted by Gasteiger charge is 2.38. The number of carbonyl (C=O) groups is 3. The molecule has 0 spiro atoms. The van der Waals surface area contributed by atoms with Gasteiger partial charge in [-0.3, -0.25) is 14.6 Å². The molecule has 1 aromatic heterocycles. The van der Waals surface area contributed by atoms with Gasteiger partial charge in [0.2, 0.25) is 0 Å². The second-order valence-electron chi connectivity index (χ2n) is 5.04. The maximum absolute atomic E-state index is 12.1. The Labute approximate surface area is 142 Å². The van der Waals surface area contributed by atoms with E-state index in [-0.39, 0.29) is 17.5 Å². The number of hydroxylamine groups is 2. The second-order valence-corrected chi connectivity index (χ2v) is 6.14. The average molecular weight is 342 g/mol. The molecule has 1 aliphatic heterocycles. The number of pyridine rings is 1. The fourth-order valence-electron chi connectivity index (χ4n) is 2.21. The molecule has 0 radical (unpaired) electrons. The molecular formula is C17H14N2O4S. The summed E-state index contributed by atoms with van der Waals surface area (Å²) in [4.78, 5) is 45.1. The highest BCUT2D eigenvalue weighted by Crippen LogP contribution is 2.23. The molecule has 122 valence electrons. The summed E-state index contributed by atoms with van der Waals surface area (Å²) in [6.45, 7) is 0. The van der Waals surface area contributed by atoms with E-state index in [2.05, 4.69) is 4.98 Å². The minimum Gasteiger partial charge on any atom is -0.330 e. The van der Waals surface area contributed by atoms with Crippen LogP contribution in [0.4, 0.5) is 0 Å². The van der Waals surface area contributed by atoms with Crippen LogP contribution in [0.15, 0.2) is 48.7 Å². The first kappa shape index (κ1) is 16.2. The minimum absolute atomic E-state index is 0.102. The van der Waals surface area contributed by atoms with Gasteiger partial charge < -0.3 is 4.84 Å². The van der Waals surface area contributed by atoms with E-state index in [1.807, 2.05) is 18.2 Å². The Hall–Kier alpha value is -2.67. The normalized spacial score (nSPS) is 13.1. The molecule has 0 fully saturated rings. The fraction of sp³-hybridized carbons (Fsp3) is 0.176. The van der Waals surface area contributed by atoms with Crippen LogP contribution in [0, 0.1) is 0 Å². The quantitative estimate of drug-likeness (QED) is 0.593. The van der Waals surface area contributed by atoms with E-state index >= 15 is 0 Å². The number of rotatable bonds is 6. The van der Waals surface area contributed by atoms with Gasteiger partial charge in [-0.2, -0.15) is 11.8 Å². The van der Waals surface area contributed by atoms with Crippen LogP contribution in [0.25, 0.3) is 0 Å². The average Bonchev–Trinajstić information content (AvgIpc) is 2.85. The number of carbonyl (C=O) groups excluding carboxylic acids is 3. The van der Waals surface area contributed by atoms with Crippen molar-refractivity contribution >= 4 is 29.5 Å². The van der Waals surface area contributed by atoms with Crippen LogP contribution >= 0.6 is 11.8 Å². The highest BCUT2D eigenvalue weighted by molar-refractivity contribution is 7.98. The van der Waals surface area contributed by atoms with Gasteiger partial charge in [-0.15, -0.1) is 0 Å². The van der Waals surface area contributed by atoms with E-state index in [1.54, 1.807) is 18.3 Å². The Kier molecular flexibility index (Phi) is 4.90. The molecule has 7 heteroatoms. The zero-order chi connectivity index (χ0) is 16.9. The summed E-state index contributed by atoms with van der Waals surface area (Å²) in [6, 6.07) is 12.0. The predicted molar refractivity (Wildman–Crippen MR) is 88.1 cm³/mol. The Morgan fingerprint density at radius 3 is 2.33 bits per heavy atom. The summed E-state index contributed by atoms with van der Waals surface area (Å²) in [7, 11) is 0. The van der Waals surface area contributed by atoms with E-state index in [9.17, 15) is 14.4 Å². The first-order chi connectivity index (χ1) is 11.7. The van der Waals surface area contributed by atoms with Gasteiger partial charge in [-0.05, 0) is 24.3 Å². The molecule has 24 heavy (non-hydrogen) atoms. The number of fused-ring (bicyclic) bond motifs is 1. The number of benzene rings is 1. The van der Waals surface area contributed by atoms with Crippen molar-refractivity contribution in [3.63, 3.8) is 0 Å². The van der Waals surface area contributed by atoms with Crippen molar-refractivity contribution < 1.29 is 19.2 Å². The second kappa shape index (κ2) is 7.27. The number of nitrogens with zero attached hydrogens (tertiary/aromatic N) is 2. The van der Waals surface area contributed by atoms with Crippen molar-refractivity contribution in [2.45, 2.75) is 12.2 Å². The molecule has 1 aromatic carbocycles. The van der Waals surface area contributed by atoms with Crippen LogP contribution in [-0.4, -0.2) is 33.6 Å². The summed E-state index contributed by atoms with van der Waals surface area (Å²) < 4.78 is 0. The summed E-state index contributed by atoms with van der Waals surface area (Å²) in [6.07, 6.45) is 1.82. The molecule has 2 aromatic rings. The first-order valence-corrected chi connectivity index (χ1v) is 8.48. The van der Waals surface area contributed by atoms with Gasteiger partial charge in [0, 0.05) is 17.7 Å². The molecule has 1 aliphatic rings. The van der Waals surface area contributed by atoms with Crippen LogP contribution in [0.3, 0.4) is 0 Å². The Morgan fingerprint density at radius 2 is 1.71 bits per heavy atom. The maximum Gasteiger partial charge on any atom is 0.334 e. The third-order valence-corrected chi connectivity index (χ3v) is 4.37. The van der Waals surface area contributed by atoms with Gasteiger partial charge in [0.1, 0.15) is 0 Å². The number of aromatic nitrogens is 1. The number of imide groups is 1. The molecule has 0 aliphatic carbocycles. The Morgan fingerprint density at radius 1 is 1.04 bits per heavy atom. The van der Waals surface area contributed by atoms with E-state index in [1.165, 1.54) is 23.9 Å². The molecule has 0 bridgehead atoms. The lowest BCUT2D eigenvalue weighted by Crippen LogP contribution is -2.32. The fourth-order valence-corrected chi connectivity index (χ4v) is 3.05. The molecule has 3 rings (SSSR count). The molecule has 0 N–H and O–H groups in total. The van der Waals surface area contributed by atoms with Crippen LogP contribution in [-0.2, 0) is 15.4 Å². The molecule has 0 saturated heterocycles. The Bertz CT molecular complexity index is 744. The van der Waals surface area contributed by atoms with Crippen LogP contribution in [0.1, 0.15) is 32.8 Å². The van der Waals surface area contributed by atoms with Crippen molar-refractivity contribution in [1.82, 2.24) is 10.0 Å². The van der Waals surface area contributed by atoms with Crippen LogP contribution in [0.5, 0.6) is 0 Å². The van der Waals surface area contributed by atoms with Gasteiger partial charge in [0.25, 0.3) is 11.8 Å². The lowest BCUT2D eigenvalue weighted by atomic mass is 10.1. The van der Waals surface area contributed by atoms with Crippen molar-refractivity contribution in [2.75, 3.05) is 5.75 Å². The summed E-state index contributed by atoms with van der Waals surface area (Å²) in [5, 5.41) is 0.538. The number of amides is 2. The SMILES string of the molecule is O=C(CCSCc1ccccn1)ON1C(=O)c2ccccc2C1=O. The van der Waals surface area contributed by atoms with Crippen molar-refractivity contribution in [3.8, 4) is 0 Å². The number of hydrogen-bond donors (Lipinski definition) is 0. The lowest BCUT2D eigenvalue weighted by molar-refractivity contribution is -0.167. The lowest BCUT2D eigenvalue weighted by Gasteiger charge is -2.12. The van der Waals surface area contributed by atoms with Gasteiger partial charge >= 0.3 is 5.97 Å². The van der Waals surface area contributed by atoms with E-state index in [0.29, 0.717) is 16.6 Å². The van der Waals surface area contributed by atoms with Gasteiger partial charge in [-0.1, -0.05) is 23.3 Å². The summed E-state index contributed by atoms with van der Waals surface area (Å²) in [5.41, 5.74) is 1.43. The standard InChI is InChI=1S/C17H14N2O4S/c20-15(8-10-24-11-12-5-3-4-9-18-12)23-19-16(21)13-6-1-2-7-14(13)17(19)22/h1-7,9H,8,10-11H2. The Balaban J connectivity index is 1.48. The smallest absolute Gasteiger partial charge is 0.330 e. The predicted octanol–water partition coefficient (Wildman–Crippen LogP) is 2.46. The number of thioether (sulfide) groups is 1. The maximum atomic E-state index is 12.1. The molecule has 6 nitrogen and oxygen atoms in total. The van der Waals surface area contributed by atoms with E-state index in [0.717, 1.165) is 5.69 Å². The van der Waals surface area contributed by atoms with E-state index < -0.39 is 17.8 Å². The molecule has 0 saturated carbocycles. The topological polar surface area (TPSA) is 76.6 Å². The third kappa shape index (κ3) is 3.46. The zero-order valence-electron chi connectivity index (χ0n) is 12.7. The zero-order valence-corrected chi connectivity index (χ0v) is 13.5. The van der Waals surface area contributed by atoms with Gasteiger partial charge in [0.15, 0.2) is 0 Å². The van der Waals surface area contributed by atoms with Crippen LogP contribution < -0.4 is 0 Å². The minimum atomic E-state index is -0.613. The highest BCUT2D eigenvalue weighted by atomic mass is 32.2. The first-order valence-electron chi connectivity index (χ1n) is 7.33. The van der Waals surface area contributed by atoms with Crippen molar-refractivity contribution in [2.24, 2.45) is 0 Å². The largest absolute Gasteiger partial charge is 0.334 e. The number of hydrogen-bond acceptors (Lipinski definition) is 6. The van der Waals surface area contributed by atoms with E-state index in [4.69, 9.17) is 4.84 Å². The van der Waals surface area contributed by atoms with Crippen molar-refractivity contribution in [1.29, 1.82) is 0 Å². The molecule has 0 unspecified atom stereocenters. The molecule has 2 heterocycles. The summed E-state index contributed by atoms with van der Waals surface area (Å²) in [5.74, 6) is -0.632. The molecule has 0 atom stereocenters. The molecular weight excluding hydrogens is 328 g/mol. The third-order valence-electron chi connectivity index (χ3n) is 3.38. The van der Waals surface area contributed by atoms with Gasteiger partial charge in [-0.25, -0.2) is 4.79 Å². The summed E-state index contributed by atoms with van der Waals surface area (Å²) >= 11 is 1.53. The molecule has 2 amide bonds. The van der Waals surface area contributed by atoms with Crippen molar-refractivity contribution in [3.05, 3.63) is 65.5 Å². The van der Waals surface area contributed by atoms with Crippen LogP contribution in [0.2, 0.25) is 0 Å². The van der Waals surface area contributed by atoms with Gasteiger partial charge in [0.05, 0.1) is 23.2 Å².